The highest BCUT2D eigenvalue weighted by atomic mass is 16.5. The molecule has 30 heavy (non-hydrogen) atoms. The van der Waals surface area contributed by atoms with Crippen LogP contribution < -0.4 is 4.74 Å². The molecule has 0 bridgehead atoms. The lowest BCUT2D eigenvalue weighted by molar-refractivity contribution is 0.474. The zero-order valence-corrected chi connectivity index (χ0v) is 16.2. The van der Waals surface area contributed by atoms with E-state index in [2.05, 4.69) is 59.2 Å². The van der Waals surface area contributed by atoms with Crippen molar-refractivity contribution in [2.24, 2.45) is 0 Å². The van der Waals surface area contributed by atoms with Gasteiger partial charge in [0.2, 0.25) is 0 Å². The van der Waals surface area contributed by atoms with Crippen molar-refractivity contribution in [2.75, 3.05) is 0 Å². The molecule has 3 heteroatoms. The maximum atomic E-state index is 6.41. The van der Waals surface area contributed by atoms with Crippen LogP contribution in [0, 0.1) is 0 Å². The van der Waals surface area contributed by atoms with E-state index in [0.29, 0.717) is 0 Å². The zero-order chi connectivity index (χ0) is 19.9. The summed E-state index contributed by atoms with van der Waals surface area (Å²) in [5.41, 5.74) is 6.21. The topological polar surface area (TPSA) is 27.1 Å². The van der Waals surface area contributed by atoms with Gasteiger partial charge in [-0.05, 0) is 23.8 Å². The van der Waals surface area contributed by atoms with Gasteiger partial charge in [0.1, 0.15) is 11.3 Å². The molecule has 0 unspecified atom stereocenters. The van der Waals surface area contributed by atoms with Gasteiger partial charge in [-0.25, -0.2) is 4.98 Å². The predicted molar refractivity (Wildman–Crippen MR) is 122 cm³/mol. The van der Waals surface area contributed by atoms with Crippen LogP contribution in [0.1, 0.15) is 11.1 Å². The van der Waals surface area contributed by atoms with Crippen molar-refractivity contribution in [3.63, 3.8) is 0 Å². The Morgan fingerprint density at radius 3 is 2.30 bits per heavy atom. The van der Waals surface area contributed by atoms with Gasteiger partial charge in [0.05, 0.1) is 11.2 Å². The van der Waals surface area contributed by atoms with Crippen molar-refractivity contribution in [1.82, 2.24) is 9.55 Å². The number of aromatic nitrogens is 2. The summed E-state index contributed by atoms with van der Waals surface area (Å²) < 4.78 is 8.63. The van der Waals surface area contributed by atoms with Gasteiger partial charge >= 0.3 is 0 Å². The van der Waals surface area contributed by atoms with Crippen LogP contribution in [0.15, 0.2) is 97.1 Å². The molecule has 2 heterocycles. The van der Waals surface area contributed by atoms with E-state index in [1.165, 1.54) is 0 Å². The molecule has 4 aromatic carbocycles. The number of fused-ring (bicyclic) bond motifs is 2. The second-order valence-corrected chi connectivity index (χ2v) is 7.30. The standard InChI is InChI=1S/C27H18N2O/c1-3-9-19(10-4-1)17-18-20-13-7-15-23-26(20)30-24-16-8-14-22-25(24)29(23)27(28-22)21-11-5-2-6-12-21/h1-18H/b18-17+. The summed E-state index contributed by atoms with van der Waals surface area (Å²) in [6.07, 6.45) is 4.22. The van der Waals surface area contributed by atoms with Gasteiger partial charge in [-0.15, -0.1) is 0 Å². The molecule has 0 saturated heterocycles. The van der Waals surface area contributed by atoms with Crippen LogP contribution in [0.3, 0.4) is 0 Å². The summed E-state index contributed by atoms with van der Waals surface area (Å²) in [7, 11) is 0. The van der Waals surface area contributed by atoms with Crippen molar-refractivity contribution >= 4 is 23.2 Å². The van der Waals surface area contributed by atoms with Crippen molar-refractivity contribution in [3.8, 4) is 28.6 Å². The lowest BCUT2D eigenvalue weighted by Gasteiger charge is -2.22. The summed E-state index contributed by atoms with van der Waals surface area (Å²) in [6, 6.07) is 32.9. The van der Waals surface area contributed by atoms with Gasteiger partial charge in [-0.1, -0.05) is 91.0 Å². The quantitative estimate of drug-likeness (QED) is 0.307. The van der Waals surface area contributed by atoms with E-state index in [4.69, 9.17) is 9.72 Å². The number of rotatable bonds is 3. The summed E-state index contributed by atoms with van der Waals surface area (Å²) in [6.45, 7) is 0. The lowest BCUT2D eigenvalue weighted by atomic mass is 10.1. The number of benzene rings is 4. The third kappa shape index (κ3) is 2.64. The van der Waals surface area contributed by atoms with Crippen LogP contribution in [0.4, 0.5) is 0 Å². The fourth-order valence-electron chi connectivity index (χ4n) is 4.01. The number of para-hydroxylation sites is 2. The summed E-state index contributed by atoms with van der Waals surface area (Å²) in [4.78, 5) is 4.94. The Morgan fingerprint density at radius 2 is 1.47 bits per heavy atom. The predicted octanol–water partition coefficient (Wildman–Crippen LogP) is 6.97. The monoisotopic (exact) mass is 386 g/mol. The summed E-state index contributed by atoms with van der Waals surface area (Å²) in [5.74, 6) is 2.60. The van der Waals surface area contributed by atoms with E-state index in [1.54, 1.807) is 0 Å². The maximum absolute atomic E-state index is 6.41. The first-order valence-corrected chi connectivity index (χ1v) is 10.00. The van der Waals surface area contributed by atoms with E-state index in [9.17, 15) is 0 Å². The number of imidazole rings is 1. The molecule has 6 rings (SSSR count). The molecular weight excluding hydrogens is 368 g/mol. The minimum absolute atomic E-state index is 0.829. The molecule has 1 aromatic heterocycles. The smallest absolute Gasteiger partial charge is 0.158 e. The highest BCUT2D eigenvalue weighted by molar-refractivity contribution is 5.91. The van der Waals surface area contributed by atoms with Crippen LogP contribution in [0.2, 0.25) is 0 Å². The lowest BCUT2D eigenvalue weighted by Crippen LogP contribution is -2.06. The molecule has 142 valence electrons. The third-order valence-electron chi connectivity index (χ3n) is 5.40. The van der Waals surface area contributed by atoms with Crippen LogP contribution in [0.25, 0.3) is 40.3 Å². The number of hydrogen-bond donors (Lipinski definition) is 0. The Bertz CT molecular complexity index is 1400. The highest BCUT2D eigenvalue weighted by Crippen LogP contribution is 2.45. The second kappa shape index (κ2) is 6.75. The van der Waals surface area contributed by atoms with E-state index in [1.807, 2.05) is 54.6 Å². The van der Waals surface area contributed by atoms with Gasteiger partial charge in [0.25, 0.3) is 0 Å². The molecule has 0 atom stereocenters. The Morgan fingerprint density at radius 1 is 0.700 bits per heavy atom. The molecule has 5 aromatic rings. The molecule has 0 amide bonds. The Balaban J connectivity index is 1.58. The van der Waals surface area contributed by atoms with Gasteiger partial charge < -0.3 is 4.74 Å². The summed E-state index contributed by atoms with van der Waals surface area (Å²) >= 11 is 0. The SMILES string of the molecule is C(=C\c1cccc2c1Oc1cccc3nc(-c4ccccc4)n-2c13)/c1ccccc1. The fraction of sp³-hybridized carbons (Fsp3) is 0. The molecular formula is C27H18N2O. The number of hydrogen-bond acceptors (Lipinski definition) is 2. The Kier molecular flexibility index (Phi) is 3.78. The first-order chi connectivity index (χ1) is 14.9. The van der Waals surface area contributed by atoms with Crippen molar-refractivity contribution in [3.05, 3.63) is 108 Å². The van der Waals surface area contributed by atoms with Gasteiger partial charge in [0.15, 0.2) is 11.5 Å². The van der Waals surface area contributed by atoms with Gasteiger partial charge in [-0.3, -0.25) is 4.57 Å². The average Bonchev–Trinajstić information content (AvgIpc) is 3.21. The molecule has 0 N–H and O–H groups in total. The average molecular weight is 386 g/mol. The van der Waals surface area contributed by atoms with Crippen molar-refractivity contribution in [2.45, 2.75) is 0 Å². The number of ether oxygens (including phenoxy) is 1. The van der Waals surface area contributed by atoms with E-state index in [0.717, 1.165) is 50.7 Å². The summed E-state index contributed by atoms with van der Waals surface area (Å²) in [5, 5.41) is 0. The first-order valence-electron chi connectivity index (χ1n) is 10.00. The van der Waals surface area contributed by atoms with E-state index >= 15 is 0 Å². The molecule has 3 nitrogen and oxygen atoms in total. The zero-order valence-electron chi connectivity index (χ0n) is 16.2. The van der Waals surface area contributed by atoms with Crippen molar-refractivity contribution < 1.29 is 4.74 Å². The van der Waals surface area contributed by atoms with Crippen LogP contribution >= 0.6 is 0 Å². The molecule has 1 aliphatic rings. The largest absolute Gasteiger partial charge is 0.452 e. The van der Waals surface area contributed by atoms with E-state index < -0.39 is 0 Å². The minimum atomic E-state index is 0.829. The fourth-order valence-corrected chi connectivity index (χ4v) is 4.01. The Labute approximate surface area is 174 Å². The maximum Gasteiger partial charge on any atom is 0.158 e. The van der Waals surface area contributed by atoms with Crippen LogP contribution in [-0.2, 0) is 0 Å². The van der Waals surface area contributed by atoms with Crippen LogP contribution in [0.5, 0.6) is 11.5 Å². The normalized spacial score (nSPS) is 12.1. The van der Waals surface area contributed by atoms with Gasteiger partial charge in [-0.2, -0.15) is 0 Å². The van der Waals surface area contributed by atoms with Crippen molar-refractivity contribution in [1.29, 1.82) is 0 Å². The van der Waals surface area contributed by atoms with Crippen LogP contribution in [-0.4, -0.2) is 9.55 Å². The molecule has 0 saturated carbocycles. The minimum Gasteiger partial charge on any atom is -0.452 e. The van der Waals surface area contributed by atoms with Gasteiger partial charge in [0, 0.05) is 11.1 Å². The Hall–Kier alpha value is -4.11. The first kappa shape index (κ1) is 16.8. The second-order valence-electron chi connectivity index (χ2n) is 7.30. The molecule has 1 aliphatic heterocycles. The molecule has 0 radical (unpaired) electrons. The molecule has 0 aliphatic carbocycles. The third-order valence-corrected chi connectivity index (χ3v) is 5.40. The molecule has 0 fully saturated rings. The van der Waals surface area contributed by atoms with E-state index in [-0.39, 0.29) is 0 Å². The number of nitrogens with zero attached hydrogens (tertiary/aromatic N) is 2. The highest BCUT2D eigenvalue weighted by Gasteiger charge is 2.25. The molecule has 0 spiro atoms.